The van der Waals surface area contributed by atoms with Gasteiger partial charge in [-0.2, -0.15) is 0 Å². The van der Waals surface area contributed by atoms with E-state index in [1.165, 1.54) is 23.5 Å². The molecule has 0 fully saturated rings. The van der Waals surface area contributed by atoms with Crippen LogP contribution in [0.15, 0.2) is 29.6 Å². The van der Waals surface area contributed by atoms with Gasteiger partial charge in [-0.05, 0) is 23.6 Å². The molecule has 0 aliphatic carbocycles. The van der Waals surface area contributed by atoms with Gasteiger partial charge in [0.05, 0.1) is 27.2 Å². The molecule has 0 saturated heterocycles. The third kappa shape index (κ3) is 4.88. The molecule has 1 amide bonds. The standard InChI is InChI=1S/C14H10Cl3NO3S/c15-9-5-11(17)12(6-10(9)16)18-13(19)7-21-14(20)4-8-2-1-3-22-8/h1-3,5-6H,4,7H2,(H,18,19). The number of esters is 1. The van der Waals surface area contributed by atoms with Gasteiger partial charge < -0.3 is 10.1 Å². The zero-order valence-corrected chi connectivity index (χ0v) is 14.2. The van der Waals surface area contributed by atoms with Crippen LogP contribution in [0.2, 0.25) is 15.1 Å². The topological polar surface area (TPSA) is 55.4 Å². The number of carbonyl (C=O) groups excluding carboxylic acids is 2. The summed E-state index contributed by atoms with van der Waals surface area (Å²) in [5, 5.41) is 5.15. The Morgan fingerprint density at radius 2 is 1.86 bits per heavy atom. The SMILES string of the molecule is O=C(COC(=O)Cc1cccs1)Nc1cc(Cl)c(Cl)cc1Cl. The molecule has 0 saturated carbocycles. The molecule has 2 rings (SSSR count). The van der Waals surface area contributed by atoms with Crippen molar-refractivity contribution in [2.24, 2.45) is 0 Å². The molecule has 0 radical (unpaired) electrons. The van der Waals surface area contributed by atoms with Crippen LogP contribution in [-0.4, -0.2) is 18.5 Å². The first-order chi connectivity index (χ1) is 10.5. The lowest BCUT2D eigenvalue weighted by Crippen LogP contribution is -2.21. The first-order valence-corrected chi connectivity index (χ1v) is 8.09. The van der Waals surface area contributed by atoms with E-state index in [0.29, 0.717) is 5.69 Å². The Kier molecular flexibility index (Phi) is 6.08. The van der Waals surface area contributed by atoms with E-state index in [2.05, 4.69) is 5.32 Å². The second-order valence-electron chi connectivity index (χ2n) is 4.21. The molecule has 8 heteroatoms. The molecule has 22 heavy (non-hydrogen) atoms. The highest BCUT2D eigenvalue weighted by Crippen LogP contribution is 2.32. The Balaban J connectivity index is 1.85. The van der Waals surface area contributed by atoms with Gasteiger partial charge in [0.25, 0.3) is 5.91 Å². The van der Waals surface area contributed by atoms with Crippen LogP contribution in [0.3, 0.4) is 0 Å². The van der Waals surface area contributed by atoms with Crippen LogP contribution >= 0.6 is 46.1 Å². The van der Waals surface area contributed by atoms with E-state index in [0.717, 1.165) is 4.88 Å². The number of rotatable bonds is 5. The summed E-state index contributed by atoms with van der Waals surface area (Å²) in [6, 6.07) is 6.51. The van der Waals surface area contributed by atoms with Gasteiger partial charge in [-0.25, -0.2) is 0 Å². The molecule has 1 aromatic carbocycles. The summed E-state index contributed by atoms with van der Waals surface area (Å²) in [7, 11) is 0. The summed E-state index contributed by atoms with van der Waals surface area (Å²) in [5.74, 6) is -0.988. The molecule has 0 bridgehead atoms. The zero-order chi connectivity index (χ0) is 16.1. The summed E-state index contributed by atoms with van der Waals surface area (Å²) in [6.45, 7) is -0.402. The number of ether oxygens (including phenoxy) is 1. The van der Waals surface area contributed by atoms with Gasteiger partial charge in [0.15, 0.2) is 6.61 Å². The van der Waals surface area contributed by atoms with Crippen molar-refractivity contribution in [3.05, 3.63) is 49.6 Å². The van der Waals surface area contributed by atoms with Crippen LogP contribution in [0.5, 0.6) is 0 Å². The lowest BCUT2D eigenvalue weighted by Gasteiger charge is -2.09. The maximum Gasteiger partial charge on any atom is 0.311 e. The van der Waals surface area contributed by atoms with Gasteiger partial charge in [0.1, 0.15) is 0 Å². The number of amides is 1. The van der Waals surface area contributed by atoms with Crippen molar-refractivity contribution in [1.29, 1.82) is 0 Å². The third-order valence-electron chi connectivity index (χ3n) is 2.55. The van der Waals surface area contributed by atoms with Crippen molar-refractivity contribution in [2.75, 3.05) is 11.9 Å². The lowest BCUT2D eigenvalue weighted by molar-refractivity contribution is -0.146. The van der Waals surface area contributed by atoms with Crippen molar-refractivity contribution >= 4 is 63.7 Å². The van der Waals surface area contributed by atoms with Crippen LogP contribution in [0.25, 0.3) is 0 Å². The average molecular weight is 379 g/mol. The maximum absolute atomic E-state index is 11.7. The van der Waals surface area contributed by atoms with Crippen LogP contribution in [0.4, 0.5) is 5.69 Å². The predicted octanol–water partition coefficient (Wildman–Crippen LogP) is 4.43. The number of benzene rings is 1. The van der Waals surface area contributed by atoms with Crippen molar-refractivity contribution in [2.45, 2.75) is 6.42 Å². The summed E-state index contributed by atoms with van der Waals surface area (Å²) in [5.41, 5.74) is 0.301. The quantitative estimate of drug-likeness (QED) is 0.618. The molecule has 1 aromatic heterocycles. The fourth-order valence-corrected chi connectivity index (χ4v) is 2.84. The number of hydrogen-bond donors (Lipinski definition) is 1. The van der Waals surface area contributed by atoms with Crippen LogP contribution in [-0.2, 0) is 20.7 Å². The predicted molar refractivity (Wildman–Crippen MR) is 89.1 cm³/mol. The number of halogens is 3. The normalized spacial score (nSPS) is 10.3. The summed E-state index contributed by atoms with van der Waals surface area (Å²) in [6.07, 6.45) is 0.137. The molecule has 1 N–H and O–H groups in total. The highest BCUT2D eigenvalue weighted by molar-refractivity contribution is 7.10. The minimum absolute atomic E-state index is 0.137. The molecule has 1 heterocycles. The van der Waals surface area contributed by atoms with Crippen LogP contribution in [0.1, 0.15) is 4.88 Å². The Morgan fingerprint density at radius 3 is 2.55 bits per heavy atom. The summed E-state index contributed by atoms with van der Waals surface area (Å²) < 4.78 is 4.90. The van der Waals surface area contributed by atoms with Gasteiger partial charge in [-0.3, -0.25) is 9.59 Å². The van der Waals surface area contributed by atoms with E-state index in [-0.39, 0.29) is 21.5 Å². The molecule has 0 atom stereocenters. The fraction of sp³-hybridized carbons (Fsp3) is 0.143. The average Bonchev–Trinajstić information content (AvgIpc) is 2.95. The van der Waals surface area contributed by atoms with Gasteiger partial charge in [0.2, 0.25) is 0 Å². The Bertz CT molecular complexity index is 689. The fourth-order valence-electron chi connectivity index (χ4n) is 1.56. The molecule has 116 valence electrons. The number of anilines is 1. The summed E-state index contributed by atoms with van der Waals surface area (Å²) >= 11 is 19.0. The van der Waals surface area contributed by atoms with E-state index < -0.39 is 18.5 Å². The Morgan fingerprint density at radius 1 is 1.14 bits per heavy atom. The maximum atomic E-state index is 11.7. The molecular weight excluding hydrogens is 369 g/mol. The van der Waals surface area contributed by atoms with Crippen LogP contribution in [0, 0.1) is 0 Å². The highest BCUT2D eigenvalue weighted by Gasteiger charge is 2.12. The van der Waals surface area contributed by atoms with E-state index >= 15 is 0 Å². The summed E-state index contributed by atoms with van der Waals surface area (Å²) in [4.78, 5) is 24.2. The number of nitrogens with one attached hydrogen (secondary N) is 1. The molecule has 0 unspecified atom stereocenters. The van der Waals surface area contributed by atoms with Gasteiger partial charge in [-0.1, -0.05) is 40.9 Å². The largest absolute Gasteiger partial charge is 0.455 e. The molecule has 0 aliphatic heterocycles. The molecule has 2 aromatic rings. The monoisotopic (exact) mass is 377 g/mol. The lowest BCUT2D eigenvalue weighted by atomic mass is 10.3. The first-order valence-electron chi connectivity index (χ1n) is 6.08. The van der Waals surface area contributed by atoms with E-state index in [1.54, 1.807) is 0 Å². The Hall–Kier alpha value is -1.27. The van der Waals surface area contributed by atoms with Crippen molar-refractivity contribution in [1.82, 2.24) is 0 Å². The number of carbonyl (C=O) groups is 2. The molecular formula is C14H10Cl3NO3S. The van der Waals surface area contributed by atoms with E-state index in [1.807, 2.05) is 17.5 Å². The smallest absolute Gasteiger partial charge is 0.311 e. The van der Waals surface area contributed by atoms with Gasteiger partial charge in [0, 0.05) is 4.88 Å². The Labute approximate surface area is 145 Å². The second kappa shape index (κ2) is 7.83. The zero-order valence-electron chi connectivity index (χ0n) is 11.1. The van der Waals surface area contributed by atoms with Gasteiger partial charge in [-0.15, -0.1) is 11.3 Å². The minimum Gasteiger partial charge on any atom is -0.455 e. The van der Waals surface area contributed by atoms with E-state index in [4.69, 9.17) is 39.5 Å². The molecule has 4 nitrogen and oxygen atoms in total. The first kappa shape index (κ1) is 17.1. The van der Waals surface area contributed by atoms with Gasteiger partial charge >= 0.3 is 5.97 Å². The number of thiophene rings is 1. The van der Waals surface area contributed by atoms with E-state index in [9.17, 15) is 9.59 Å². The van der Waals surface area contributed by atoms with Crippen molar-refractivity contribution in [3.8, 4) is 0 Å². The third-order valence-corrected chi connectivity index (χ3v) is 4.46. The van der Waals surface area contributed by atoms with Crippen molar-refractivity contribution in [3.63, 3.8) is 0 Å². The highest BCUT2D eigenvalue weighted by atomic mass is 35.5. The number of hydrogen-bond acceptors (Lipinski definition) is 4. The van der Waals surface area contributed by atoms with Crippen LogP contribution < -0.4 is 5.32 Å². The van der Waals surface area contributed by atoms with Crippen molar-refractivity contribution < 1.29 is 14.3 Å². The second-order valence-corrected chi connectivity index (χ2v) is 6.47. The molecule has 0 aliphatic rings. The molecule has 0 spiro atoms. The minimum atomic E-state index is -0.514.